The lowest BCUT2D eigenvalue weighted by atomic mass is 10.1. The number of hydrogen-bond donors (Lipinski definition) is 2. The van der Waals surface area contributed by atoms with Gasteiger partial charge in [0, 0.05) is 5.69 Å². The number of para-hydroxylation sites is 2. The fourth-order valence-corrected chi connectivity index (χ4v) is 2.56. The minimum Gasteiger partial charge on any atom is -0.374 e. The average molecular weight is 323 g/mol. The number of benzene rings is 2. The van der Waals surface area contributed by atoms with E-state index in [1.165, 1.54) is 0 Å². The van der Waals surface area contributed by atoms with E-state index in [2.05, 4.69) is 10.6 Å². The number of rotatable bonds is 4. The maximum Gasteiger partial charge on any atom is 0.243 e. The third-order valence-electron chi connectivity index (χ3n) is 3.13. The summed E-state index contributed by atoms with van der Waals surface area (Å²) in [5.41, 5.74) is 3.46. The number of carbonyl (C=O) groups excluding carboxylic acids is 1. The van der Waals surface area contributed by atoms with Gasteiger partial charge in [-0.3, -0.25) is 4.79 Å². The zero-order chi connectivity index (χ0) is 15.4. The molecule has 0 unspecified atom stereocenters. The molecule has 0 bridgehead atoms. The van der Waals surface area contributed by atoms with Crippen molar-refractivity contribution in [2.24, 2.45) is 0 Å². The number of halogens is 2. The van der Waals surface area contributed by atoms with Crippen molar-refractivity contribution in [2.75, 3.05) is 17.2 Å². The van der Waals surface area contributed by atoms with Gasteiger partial charge in [0.05, 0.1) is 22.3 Å². The van der Waals surface area contributed by atoms with E-state index < -0.39 is 0 Å². The molecule has 0 aromatic heterocycles. The van der Waals surface area contributed by atoms with Gasteiger partial charge in [0.2, 0.25) is 5.91 Å². The minimum absolute atomic E-state index is 0.0945. The molecule has 2 N–H and O–H groups in total. The van der Waals surface area contributed by atoms with Crippen LogP contribution in [-0.2, 0) is 4.79 Å². The van der Waals surface area contributed by atoms with Crippen LogP contribution in [0.3, 0.4) is 0 Å². The molecule has 21 heavy (non-hydrogen) atoms. The van der Waals surface area contributed by atoms with Crippen molar-refractivity contribution in [2.45, 2.75) is 13.8 Å². The molecule has 110 valence electrons. The van der Waals surface area contributed by atoms with E-state index >= 15 is 0 Å². The summed E-state index contributed by atoms with van der Waals surface area (Å²) in [5.74, 6) is -0.150. The maximum atomic E-state index is 12.1. The standard InChI is InChI=1S/C16H16Cl2N2O/c1-10-5-3-6-11(2)15(10)20-14(21)9-19-16-12(17)7-4-8-13(16)18/h3-8,19H,9H2,1-2H3,(H,20,21). The van der Waals surface area contributed by atoms with Gasteiger partial charge < -0.3 is 10.6 Å². The summed E-state index contributed by atoms with van der Waals surface area (Å²) in [6.07, 6.45) is 0. The predicted octanol–water partition coefficient (Wildman–Crippen LogP) is 4.66. The normalized spacial score (nSPS) is 10.3. The molecule has 1 amide bonds. The molecule has 0 saturated heterocycles. The number of hydrogen-bond acceptors (Lipinski definition) is 2. The fraction of sp³-hybridized carbons (Fsp3) is 0.188. The highest BCUT2D eigenvalue weighted by molar-refractivity contribution is 6.39. The quantitative estimate of drug-likeness (QED) is 0.859. The Bertz CT molecular complexity index is 631. The first-order valence-electron chi connectivity index (χ1n) is 6.53. The molecule has 0 heterocycles. The van der Waals surface area contributed by atoms with E-state index in [1.54, 1.807) is 18.2 Å². The van der Waals surface area contributed by atoms with Gasteiger partial charge >= 0.3 is 0 Å². The zero-order valence-corrected chi connectivity index (χ0v) is 13.3. The van der Waals surface area contributed by atoms with Gasteiger partial charge in [-0.05, 0) is 37.1 Å². The van der Waals surface area contributed by atoms with Gasteiger partial charge in [0.25, 0.3) is 0 Å². The predicted molar refractivity (Wildman–Crippen MR) is 89.5 cm³/mol. The van der Waals surface area contributed by atoms with Crippen LogP contribution in [0.25, 0.3) is 0 Å². The molecule has 0 aliphatic carbocycles. The summed E-state index contributed by atoms with van der Waals surface area (Å²) in [6.45, 7) is 4.01. The van der Waals surface area contributed by atoms with Crippen LogP contribution in [0.15, 0.2) is 36.4 Å². The van der Waals surface area contributed by atoms with Crippen LogP contribution in [0.4, 0.5) is 11.4 Å². The van der Waals surface area contributed by atoms with Gasteiger partial charge in [0.1, 0.15) is 0 Å². The third kappa shape index (κ3) is 3.90. The first kappa shape index (κ1) is 15.7. The Labute approximate surface area is 134 Å². The van der Waals surface area contributed by atoms with Crippen molar-refractivity contribution in [3.63, 3.8) is 0 Å². The summed E-state index contributed by atoms with van der Waals surface area (Å²) in [5, 5.41) is 6.84. The first-order chi connectivity index (χ1) is 9.99. The number of carbonyl (C=O) groups is 1. The van der Waals surface area contributed by atoms with E-state index in [0.29, 0.717) is 15.7 Å². The zero-order valence-electron chi connectivity index (χ0n) is 11.8. The Morgan fingerprint density at radius 3 is 2.05 bits per heavy atom. The molecule has 0 aliphatic rings. The fourth-order valence-electron chi connectivity index (χ4n) is 2.03. The molecule has 2 aromatic carbocycles. The summed E-state index contributed by atoms with van der Waals surface area (Å²) >= 11 is 12.1. The SMILES string of the molecule is Cc1cccc(C)c1NC(=O)CNc1c(Cl)cccc1Cl. The van der Waals surface area contributed by atoms with Gasteiger partial charge in [-0.25, -0.2) is 0 Å². The topological polar surface area (TPSA) is 41.1 Å². The smallest absolute Gasteiger partial charge is 0.243 e. The highest BCUT2D eigenvalue weighted by Gasteiger charge is 2.09. The molecular weight excluding hydrogens is 307 g/mol. The molecule has 3 nitrogen and oxygen atoms in total. The lowest BCUT2D eigenvalue weighted by Crippen LogP contribution is -2.22. The monoisotopic (exact) mass is 322 g/mol. The average Bonchev–Trinajstić information content (AvgIpc) is 2.42. The Morgan fingerprint density at radius 2 is 1.48 bits per heavy atom. The second kappa shape index (κ2) is 6.83. The van der Waals surface area contributed by atoms with Crippen LogP contribution in [0, 0.1) is 13.8 Å². The Kier molecular flexibility index (Phi) is 5.10. The largest absolute Gasteiger partial charge is 0.374 e. The summed E-state index contributed by atoms with van der Waals surface area (Å²) < 4.78 is 0. The number of aryl methyl sites for hydroxylation is 2. The van der Waals surface area contributed by atoms with Crippen molar-refractivity contribution in [3.8, 4) is 0 Å². The third-order valence-corrected chi connectivity index (χ3v) is 3.76. The maximum absolute atomic E-state index is 12.1. The molecule has 0 radical (unpaired) electrons. The first-order valence-corrected chi connectivity index (χ1v) is 7.28. The summed E-state index contributed by atoms with van der Waals surface area (Å²) in [4.78, 5) is 12.1. The number of nitrogens with one attached hydrogen (secondary N) is 2. The number of amides is 1. The molecule has 0 aliphatic heterocycles. The Balaban J connectivity index is 2.03. The molecule has 0 saturated carbocycles. The lowest BCUT2D eigenvalue weighted by Gasteiger charge is -2.13. The van der Waals surface area contributed by atoms with Crippen molar-refractivity contribution in [1.29, 1.82) is 0 Å². The van der Waals surface area contributed by atoms with Crippen molar-refractivity contribution >= 4 is 40.5 Å². The van der Waals surface area contributed by atoms with Crippen molar-refractivity contribution < 1.29 is 4.79 Å². The van der Waals surface area contributed by atoms with E-state index in [9.17, 15) is 4.79 Å². The van der Waals surface area contributed by atoms with Gasteiger partial charge in [-0.15, -0.1) is 0 Å². The Morgan fingerprint density at radius 1 is 0.952 bits per heavy atom. The number of anilines is 2. The van der Waals surface area contributed by atoms with Crippen LogP contribution >= 0.6 is 23.2 Å². The molecule has 0 fully saturated rings. The molecule has 2 rings (SSSR count). The summed E-state index contributed by atoms with van der Waals surface area (Å²) in [6, 6.07) is 11.1. The van der Waals surface area contributed by atoms with Crippen LogP contribution in [0.5, 0.6) is 0 Å². The molecule has 0 spiro atoms. The van der Waals surface area contributed by atoms with Crippen LogP contribution in [-0.4, -0.2) is 12.5 Å². The molecule has 5 heteroatoms. The second-order valence-corrected chi connectivity index (χ2v) is 5.58. The van der Waals surface area contributed by atoms with E-state index in [1.807, 2.05) is 32.0 Å². The minimum atomic E-state index is -0.150. The van der Waals surface area contributed by atoms with Crippen molar-refractivity contribution in [3.05, 3.63) is 57.6 Å². The lowest BCUT2D eigenvalue weighted by molar-refractivity contribution is -0.114. The van der Waals surface area contributed by atoms with Crippen LogP contribution in [0.2, 0.25) is 10.0 Å². The Hall–Kier alpha value is -1.71. The molecule has 2 aromatic rings. The summed E-state index contributed by atoms with van der Waals surface area (Å²) in [7, 11) is 0. The van der Waals surface area contributed by atoms with E-state index in [0.717, 1.165) is 16.8 Å². The van der Waals surface area contributed by atoms with Crippen LogP contribution < -0.4 is 10.6 Å². The van der Waals surface area contributed by atoms with E-state index in [-0.39, 0.29) is 12.5 Å². The van der Waals surface area contributed by atoms with Gasteiger partial charge in [-0.2, -0.15) is 0 Å². The van der Waals surface area contributed by atoms with Crippen LogP contribution in [0.1, 0.15) is 11.1 Å². The van der Waals surface area contributed by atoms with E-state index in [4.69, 9.17) is 23.2 Å². The van der Waals surface area contributed by atoms with Gasteiger partial charge in [-0.1, -0.05) is 47.5 Å². The van der Waals surface area contributed by atoms with Gasteiger partial charge in [0.15, 0.2) is 0 Å². The highest BCUT2D eigenvalue weighted by Crippen LogP contribution is 2.29. The highest BCUT2D eigenvalue weighted by atomic mass is 35.5. The molecule has 0 atom stereocenters. The second-order valence-electron chi connectivity index (χ2n) is 4.77. The molecular formula is C16H16Cl2N2O. The van der Waals surface area contributed by atoms with Crippen molar-refractivity contribution in [1.82, 2.24) is 0 Å².